The van der Waals surface area contributed by atoms with E-state index in [0.29, 0.717) is 21.8 Å². The van der Waals surface area contributed by atoms with Gasteiger partial charge in [-0.25, -0.2) is 4.79 Å². The van der Waals surface area contributed by atoms with Gasteiger partial charge < -0.3 is 10.2 Å². The van der Waals surface area contributed by atoms with Crippen molar-refractivity contribution in [3.8, 4) is 11.1 Å². The number of rotatable bonds is 3. The molecule has 0 saturated heterocycles. The van der Waals surface area contributed by atoms with E-state index in [1.807, 2.05) is 24.3 Å². The number of aliphatic hydroxyl groups is 1. The molecule has 1 heterocycles. The van der Waals surface area contributed by atoms with Crippen LogP contribution in [0, 0.1) is 0 Å². The Kier molecular flexibility index (Phi) is 3.55. The van der Waals surface area contributed by atoms with Gasteiger partial charge in [-0.2, -0.15) is 5.10 Å². The molecule has 3 N–H and O–H groups in total. The summed E-state index contributed by atoms with van der Waals surface area (Å²) >= 11 is 6.36. The highest BCUT2D eigenvalue weighted by Crippen LogP contribution is 2.38. The highest BCUT2D eigenvalue weighted by atomic mass is 35.5. The van der Waals surface area contributed by atoms with Gasteiger partial charge in [0, 0.05) is 10.9 Å². The number of hydrogen-bond acceptors (Lipinski definition) is 3. The lowest BCUT2D eigenvalue weighted by Crippen LogP contribution is -2.26. The quantitative estimate of drug-likeness (QED) is 0.675. The summed E-state index contributed by atoms with van der Waals surface area (Å²) in [5.74, 6) is -0.659. The summed E-state index contributed by atoms with van der Waals surface area (Å²) in [5.41, 5.74) is 3.48. The summed E-state index contributed by atoms with van der Waals surface area (Å²) in [6.07, 6.45) is 1.44. The number of aromatic carboxylic acids is 1. The van der Waals surface area contributed by atoms with E-state index in [1.54, 1.807) is 12.1 Å². The predicted molar refractivity (Wildman–Crippen MR) is 91.5 cm³/mol. The highest BCUT2D eigenvalue weighted by Gasteiger charge is 2.28. The summed E-state index contributed by atoms with van der Waals surface area (Å²) in [4.78, 5) is 11.3. The number of nitrogens with one attached hydrogen (secondary N) is 1. The Bertz CT molecular complexity index is 927. The van der Waals surface area contributed by atoms with Crippen molar-refractivity contribution in [2.75, 3.05) is 0 Å². The molecule has 0 bridgehead atoms. The third-order valence-corrected chi connectivity index (χ3v) is 4.97. The Morgan fingerprint density at radius 2 is 1.92 bits per heavy atom. The van der Waals surface area contributed by atoms with Crippen molar-refractivity contribution in [2.45, 2.75) is 24.9 Å². The van der Waals surface area contributed by atoms with Crippen LogP contribution in [0.4, 0.5) is 0 Å². The van der Waals surface area contributed by atoms with Crippen molar-refractivity contribution in [3.63, 3.8) is 0 Å². The van der Waals surface area contributed by atoms with Gasteiger partial charge in [-0.3, -0.25) is 5.10 Å². The van der Waals surface area contributed by atoms with E-state index in [4.69, 9.17) is 11.6 Å². The molecule has 0 amide bonds. The Hall–Kier alpha value is -2.37. The number of halogens is 1. The van der Waals surface area contributed by atoms with Gasteiger partial charge in [0.05, 0.1) is 16.6 Å². The van der Waals surface area contributed by atoms with Crippen molar-refractivity contribution in [1.29, 1.82) is 0 Å². The number of H-pyrrole nitrogens is 1. The zero-order valence-corrected chi connectivity index (χ0v) is 13.4. The minimum Gasteiger partial charge on any atom is -0.476 e. The molecule has 24 heavy (non-hydrogen) atoms. The van der Waals surface area contributed by atoms with Gasteiger partial charge in [0.25, 0.3) is 0 Å². The first-order valence-corrected chi connectivity index (χ1v) is 8.10. The molecule has 0 aliphatic heterocycles. The van der Waals surface area contributed by atoms with Crippen molar-refractivity contribution in [3.05, 3.63) is 52.7 Å². The van der Waals surface area contributed by atoms with Gasteiger partial charge in [0.15, 0.2) is 5.69 Å². The monoisotopic (exact) mass is 342 g/mol. The molecule has 3 aromatic rings. The van der Waals surface area contributed by atoms with Gasteiger partial charge >= 0.3 is 5.97 Å². The molecule has 1 aliphatic rings. The minimum absolute atomic E-state index is 0.0111. The maximum atomic E-state index is 11.3. The van der Waals surface area contributed by atoms with Crippen LogP contribution in [-0.2, 0) is 0 Å². The topological polar surface area (TPSA) is 86.2 Å². The zero-order valence-electron chi connectivity index (χ0n) is 12.7. The number of aromatic nitrogens is 2. The molecule has 1 aromatic heterocycles. The molecular formula is C18H15ClN2O3. The van der Waals surface area contributed by atoms with Crippen molar-refractivity contribution >= 4 is 28.5 Å². The van der Waals surface area contributed by atoms with E-state index in [2.05, 4.69) is 10.2 Å². The number of benzene rings is 2. The SMILES string of the molecule is O=C(O)c1n[nH]c2cc(Cl)c(-c3ccc(C4CC(O)C4)cc3)cc12. The molecular weight excluding hydrogens is 328 g/mol. The first-order valence-electron chi connectivity index (χ1n) is 7.72. The lowest BCUT2D eigenvalue weighted by molar-refractivity contribution is 0.0692. The summed E-state index contributed by atoms with van der Waals surface area (Å²) in [6.45, 7) is 0. The zero-order chi connectivity index (χ0) is 16.8. The highest BCUT2D eigenvalue weighted by molar-refractivity contribution is 6.34. The largest absolute Gasteiger partial charge is 0.476 e. The first kappa shape index (κ1) is 15.2. The Balaban J connectivity index is 1.73. The molecule has 122 valence electrons. The number of hydrogen-bond donors (Lipinski definition) is 3. The van der Waals surface area contributed by atoms with Gasteiger partial charge in [-0.15, -0.1) is 0 Å². The molecule has 0 atom stereocenters. The fourth-order valence-corrected chi connectivity index (χ4v) is 3.49. The average Bonchev–Trinajstić information content (AvgIpc) is 2.94. The maximum absolute atomic E-state index is 11.3. The lowest BCUT2D eigenvalue weighted by Gasteiger charge is -2.31. The van der Waals surface area contributed by atoms with E-state index in [0.717, 1.165) is 24.0 Å². The van der Waals surface area contributed by atoms with Crippen LogP contribution in [0.3, 0.4) is 0 Å². The second-order valence-electron chi connectivity index (χ2n) is 6.20. The van der Waals surface area contributed by atoms with Crippen molar-refractivity contribution in [1.82, 2.24) is 10.2 Å². The fraction of sp³-hybridized carbons (Fsp3) is 0.222. The molecule has 6 heteroatoms. The van der Waals surface area contributed by atoms with E-state index in [1.165, 1.54) is 5.56 Å². The summed E-state index contributed by atoms with van der Waals surface area (Å²) in [6, 6.07) is 11.5. The van der Waals surface area contributed by atoms with Crippen LogP contribution < -0.4 is 0 Å². The smallest absolute Gasteiger partial charge is 0.357 e. The van der Waals surface area contributed by atoms with Crippen LogP contribution in [0.5, 0.6) is 0 Å². The number of aliphatic hydroxyl groups excluding tert-OH is 1. The van der Waals surface area contributed by atoms with Crippen molar-refractivity contribution in [2.24, 2.45) is 0 Å². The lowest BCUT2D eigenvalue weighted by atomic mass is 9.77. The number of nitrogens with zero attached hydrogens (tertiary/aromatic N) is 1. The van der Waals surface area contributed by atoms with Gasteiger partial charge in [0.2, 0.25) is 0 Å². The molecule has 1 saturated carbocycles. The Morgan fingerprint density at radius 3 is 2.54 bits per heavy atom. The van der Waals surface area contributed by atoms with E-state index in [-0.39, 0.29) is 11.8 Å². The average molecular weight is 343 g/mol. The minimum atomic E-state index is -1.08. The second-order valence-corrected chi connectivity index (χ2v) is 6.61. The van der Waals surface area contributed by atoms with E-state index >= 15 is 0 Å². The summed E-state index contributed by atoms with van der Waals surface area (Å²) < 4.78 is 0. The Morgan fingerprint density at radius 1 is 1.21 bits per heavy atom. The normalized spacial score (nSPS) is 20.1. The van der Waals surface area contributed by atoms with E-state index < -0.39 is 5.97 Å². The number of fused-ring (bicyclic) bond motifs is 1. The second kappa shape index (κ2) is 5.61. The van der Waals surface area contributed by atoms with Crippen LogP contribution >= 0.6 is 11.6 Å². The number of aromatic amines is 1. The van der Waals surface area contributed by atoms with E-state index in [9.17, 15) is 15.0 Å². The van der Waals surface area contributed by atoms with Gasteiger partial charge in [-0.05, 0) is 42.0 Å². The molecule has 1 aliphatic carbocycles. The molecule has 1 fully saturated rings. The third-order valence-electron chi connectivity index (χ3n) is 4.66. The van der Waals surface area contributed by atoms with Crippen LogP contribution in [-0.4, -0.2) is 32.5 Å². The number of carbonyl (C=O) groups is 1. The molecule has 0 radical (unpaired) electrons. The first-order chi connectivity index (χ1) is 11.5. The molecule has 0 unspecified atom stereocenters. The Labute approximate surface area is 142 Å². The maximum Gasteiger partial charge on any atom is 0.357 e. The molecule has 5 nitrogen and oxygen atoms in total. The van der Waals surface area contributed by atoms with Crippen LogP contribution in [0.1, 0.15) is 34.8 Å². The molecule has 4 rings (SSSR count). The van der Waals surface area contributed by atoms with Crippen LogP contribution in [0.25, 0.3) is 22.0 Å². The number of carboxylic acid groups (broad SMARTS) is 1. The van der Waals surface area contributed by atoms with Crippen LogP contribution in [0.2, 0.25) is 5.02 Å². The predicted octanol–water partition coefficient (Wildman–Crippen LogP) is 3.82. The van der Waals surface area contributed by atoms with Gasteiger partial charge in [0.1, 0.15) is 0 Å². The summed E-state index contributed by atoms with van der Waals surface area (Å²) in [5, 5.41) is 26.2. The third kappa shape index (κ3) is 2.46. The van der Waals surface area contributed by atoms with Crippen LogP contribution in [0.15, 0.2) is 36.4 Å². The fourth-order valence-electron chi connectivity index (χ4n) is 3.22. The van der Waals surface area contributed by atoms with Crippen molar-refractivity contribution < 1.29 is 15.0 Å². The summed E-state index contributed by atoms with van der Waals surface area (Å²) in [7, 11) is 0. The number of carboxylic acids is 1. The molecule has 0 spiro atoms. The molecule has 2 aromatic carbocycles. The standard InChI is InChI=1S/C18H15ClN2O3/c19-15-8-16-14(17(18(23)24)21-20-16)7-13(15)10-3-1-9(2-4-10)11-5-12(22)6-11/h1-4,7-8,11-12,22H,5-6H2,(H,20,21)(H,23,24). The van der Waals surface area contributed by atoms with Gasteiger partial charge in [-0.1, -0.05) is 35.9 Å².